The molecule has 8 heteroatoms. The number of fused-ring (bicyclic) bond motifs is 1. The maximum Gasteiger partial charge on any atom is 0.278 e. The molecule has 8 nitrogen and oxygen atoms in total. The van der Waals surface area contributed by atoms with Crippen molar-refractivity contribution in [2.24, 2.45) is 0 Å². The first-order chi connectivity index (χ1) is 14.1. The second-order valence-corrected chi connectivity index (χ2v) is 6.26. The number of hydrogen-bond donors (Lipinski definition) is 0. The summed E-state index contributed by atoms with van der Waals surface area (Å²) >= 11 is 0. The van der Waals surface area contributed by atoms with Gasteiger partial charge in [-0.3, -0.25) is 9.20 Å². The molecule has 1 amide bonds. The molecule has 4 rings (SSSR count). The summed E-state index contributed by atoms with van der Waals surface area (Å²) in [5.74, 6) is 0.244. The highest BCUT2D eigenvalue weighted by Gasteiger charge is 2.17. The van der Waals surface area contributed by atoms with Crippen LogP contribution in [0.15, 0.2) is 61.2 Å². The summed E-state index contributed by atoms with van der Waals surface area (Å²) in [5, 5.41) is 8.92. The monoisotopic (exact) mass is 384 g/mol. The van der Waals surface area contributed by atoms with Crippen molar-refractivity contribution in [1.82, 2.24) is 19.4 Å². The lowest BCUT2D eigenvalue weighted by Gasteiger charge is -2.17. The topological polar surface area (TPSA) is 96.4 Å². The molecule has 3 aromatic heterocycles. The summed E-state index contributed by atoms with van der Waals surface area (Å²) in [4.78, 5) is 27.2. The Morgan fingerprint density at radius 1 is 1.07 bits per heavy atom. The van der Waals surface area contributed by atoms with E-state index in [1.807, 2.05) is 6.07 Å². The lowest BCUT2D eigenvalue weighted by atomic mass is 10.2. The molecule has 29 heavy (non-hydrogen) atoms. The lowest BCUT2D eigenvalue weighted by molar-refractivity contribution is 0.0988. The molecule has 0 bridgehead atoms. The van der Waals surface area contributed by atoms with Crippen LogP contribution in [0.2, 0.25) is 0 Å². The molecular formula is C21H16N6O2. The number of aromatic nitrogens is 4. The van der Waals surface area contributed by atoms with Crippen LogP contribution >= 0.6 is 0 Å². The highest BCUT2D eigenvalue weighted by atomic mass is 16.5. The fourth-order valence-electron chi connectivity index (χ4n) is 2.91. The van der Waals surface area contributed by atoms with Crippen molar-refractivity contribution in [3.05, 3.63) is 72.4 Å². The van der Waals surface area contributed by atoms with Crippen LogP contribution < -0.4 is 9.64 Å². The zero-order chi connectivity index (χ0) is 20.4. The van der Waals surface area contributed by atoms with Gasteiger partial charge in [0, 0.05) is 36.8 Å². The van der Waals surface area contributed by atoms with E-state index in [0.29, 0.717) is 22.8 Å². The number of anilines is 1. The van der Waals surface area contributed by atoms with Crippen LogP contribution in [0.25, 0.3) is 16.9 Å². The van der Waals surface area contributed by atoms with Crippen molar-refractivity contribution >= 4 is 17.2 Å². The van der Waals surface area contributed by atoms with Crippen LogP contribution in [-0.4, -0.2) is 39.4 Å². The molecule has 0 saturated carbocycles. The summed E-state index contributed by atoms with van der Waals surface area (Å²) in [6.07, 6.45) is 6.61. The lowest BCUT2D eigenvalue weighted by Crippen LogP contribution is -2.27. The first kappa shape index (κ1) is 18.1. The molecule has 1 aromatic carbocycles. The average molecular weight is 384 g/mol. The Morgan fingerprint density at radius 3 is 2.52 bits per heavy atom. The Morgan fingerprint density at radius 2 is 1.86 bits per heavy atom. The number of hydrogen-bond acceptors (Lipinski definition) is 6. The third kappa shape index (κ3) is 3.37. The Balaban J connectivity index is 1.68. The highest BCUT2D eigenvalue weighted by Crippen LogP contribution is 2.22. The van der Waals surface area contributed by atoms with Gasteiger partial charge in [0.05, 0.1) is 36.8 Å². The summed E-state index contributed by atoms with van der Waals surface area (Å²) in [6.45, 7) is 0. The van der Waals surface area contributed by atoms with E-state index in [2.05, 4.69) is 21.0 Å². The van der Waals surface area contributed by atoms with Crippen LogP contribution in [0.3, 0.4) is 0 Å². The minimum atomic E-state index is -0.274. The van der Waals surface area contributed by atoms with Crippen molar-refractivity contribution in [3.63, 3.8) is 0 Å². The van der Waals surface area contributed by atoms with Gasteiger partial charge in [0.25, 0.3) is 5.91 Å². The number of ether oxygens (including phenoxy) is 1. The Kier molecular flexibility index (Phi) is 4.63. The van der Waals surface area contributed by atoms with E-state index < -0.39 is 0 Å². The minimum Gasteiger partial charge on any atom is -0.481 e. The molecule has 0 fully saturated rings. The largest absolute Gasteiger partial charge is 0.481 e. The number of amides is 1. The van der Waals surface area contributed by atoms with Crippen molar-refractivity contribution in [3.8, 4) is 23.2 Å². The number of carbonyl (C=O) groups excluding carboxylic acids is 1. The molecule has 0 unspecified atom stereocenters. The second kappa shape index (κ2) is 7.40. The van der Waals surface area contributed by atoms with Gasteiger partial charge in [-0.2, -0.15) is 5.26 Å². The van der Waals surface area contributed by atoms with Crippen molar-refractivity contribution in [2.45, 2.75) is 0 Å². The fourth-order valence-corrected chi connectivity index (χ4v) is 2.91. The van der Waals surface area contributed by atoms with Gasteiger partial charge >= 0.3 is 0 Å². The molecule has 4 aromatic rings. The molecule has 142 valence electrons. The Labute approximate surface area is 166 Å². The molecule has 0 atom stereocenters. The number of methoxy groups -OCH3 is 1. The van der Waals surface area contributed by atoms with Gasteiger partial charge in [0.2, 0.25) is 5.88 Å². The number of carbonyl (C=O) groups is 1. The molecule has 3 heterocycles. The zero-order valence-electron chi connectivity index (χ0n) is 15.8. The summed E-state index contributed by atoms with van der Waals surface area (Å²) in [7, 11) is 3.22. The standard InChI is InChI=1S/C21H16N6O2/c1-26(16-6-3-14(9-22)4-7-16)21(28)17-13-27-18(11-24-19(27)12-23-17)15-5-8-20(29-2)25-10-15/h3-8,10-13H,1-2H3. The van der Waals surface area contributed by atoms with E-state index in [1.54, 1.807) is 73.7 Å². The minimum absolute atomic E-state index is 0.269. The first-order valence-corrected chi connectivity index (χ1v) is 8.72. The predicted octanol–water partition coefficient (Wildman–Crippen LogP) is 2.95. The molecule has 0 aliphatic carbocycles. The van der Waals surface area contributed by atoms with Crippen LogP contribution in [-0.2, 0) is 0 Å². The van der Waals surface area contributed by atoms with Gasteiger partial charge < -0.3 is 9.64 Å². The van der Waals surface area contributed by atoms with E-state index in [0.717, 1.165) is 11.3 Å². The summed E-state index contributed by atoms with van der Waals surface area (Å²) in [5.41, 5.74) is 3.71. The molecule has 0 saturated heterocycles. The van der Waals surface area contributed by atoms with E-state index in [4.69, 9.17) is 10.00 Å². The normalized spacial score (nSPS) is 10.5. The second-order valence-electron chi connectivity index (χ2n) is 6.26. The SMILES string of the molecule is COc1ccc(-c2cnc3cnc(C(=O)N(C)c4ccc(C#N)cc4)cn23)cn1. The molecule has 0 aliphatic rings. The third-order valence-electron chi connectivity index (χ3n) is 4.54. The quantitative estimate of drug-likeness (QED) is 0.537. The number of imidazole rings is 1. The zero-order valence-corrected chi connectivity index (χ0v) is 15.8. The van der Waals surface area contributed by atoms with E-state index in [1.165, 1.54) is 4.90 Å². The van der Waals surface area contributed by atoms with Crippen LogP contribution in [0, 0.1) is 11.3 Å². The average Bonchev–Trinajstić information content (AvgIpc) is 3.21. The maximum atomic E-state index is 12.9. The molecule has 0 spiro atoms. The van der Waals surface area contributed by atoms with Gasteiger partial charge in [0.15, 0.2) is 5.65 Å². The van der Waals surface area contributed by atoms with E-state index >= 15 is 0 Å². The molecule has 0 radical (unpaired) electrons. The number of nitriles is 1. The van der Waals surface area contributed by atoms with E-state index in [9.17, 15) is 4.79 Å². The first-order valence-electron chi connectivity index (χ1n) is 8.72. The van der Waals surface area contributed by atoms with Gasteiger partial charge in [-0.15, -0.1) is 0 Å². The van der Waals surface area contributed by atoms with Gasteiger partial charge in [-0.25, -0.2) is 15.0 Å². The highest BCUT2D eigenvalue weighted by molar-refractivity contribution is 6.04. The third-order valence-corrected chi connectivity index (χ3v) is 4.54. The van der Waals surface area contributed by atoms with Gasteiger partial charge in [-0.1, -0.05) is 0 Å². The fraction of sp³-hybridized carbons (Fsp3) is 0.0952. The molecule has 0 aliphatic heterocycles. The number of nitrogens with zero attached hydrogens (tertiary/aromatic N) is 6. The Hall–Kier alpha value is -4.25. The van der Waals surface area contributed by atoms with Crippen LogP contribution in [0.1, 0.15) is 16.1 Å². The van der Waals surface area contributed by atoms with Gasteiger partial charge in [-0.05, 0) is 30.3 Å². The van der Waals surface area contributed by atoms with Gasteiger partial charge in [0.1, 0.15) is 5.69 Å². The van der Waals surface area contributed by atoms with Crippen molar-refractivity contribution in [2.75, 3.05) is 19.1 Å². The predicted molar refractivity (Wildman–Crippen MR) is 107 cm³/mol. The summed E-state index contributed by atoms with van der Waals surface area (Å²) in [6, 6.07) is 12.5. The molecular weight excluding hydrogens is 368 g/mol. The number of benzene rings is 1. The Bertz CT molecular complexity index is 1220. The van der Waals surface area contributed by atoms with Crippen molar-refractivity contribution < 1.29 is 9.53 Å². The maximum absolute atomic E-state index is 12.9. The summed E-state index contributed by atoms with van der Waals surface area (Å²) < 4.78 is 6.90. The van der Waals surface area contributed by atoms with Crippen LogP contribution in [0.4, 0.5) is 5.69 Å². The van der Waals surface area contributed by atoms with Crippen molar-refractivity contribution in [1.29, 1.82) is 5.26 Å². The smallest absolute Gasteiger partial charge is 0.278 e. The molecule has 0 N–H and O–H groups in total. The van der Waals surface area contributed by atoms with Crippen LogP contribution in [0.5, 0.6) is 5.88 Å². The number of rotatable bonds is 4. The number of pyridine rings is 1. The van der Waals surface area contributed by atoms with E-state index in [-0.39, 0.29) is 11.6 Å².